The summed E-state index contributed by atoms with van der Waals surface area (Å²) in [5.74, 6) is 1.63. The fourth-order valence-electron chi connectivity index (χ4n) is 4.02. The third-order valence-electron chi connectivity index (χ3n) is 5.59. The van der Waals surface area contributed by atoms with Gasteiger partial charge in [-0.1, -0.05) is 18.6 Å². The summed E-state index contributed by atoms with van der Waals surface area (Å²) >= 11 is 0. The number of aryl methyl sites for hydroxylation is 1. The van der Waals surface area contributed by atoms with Gasteiger partial charge in [-0.15, -0.1) is 10.2 Å². The van der Waals surface area contributed by atoms with Crippen molar-refractivity contribution in [1.82, 2.24) is 24.3 Å². The van der Waals surface area contributed by atoms with Crippen molar-refractivity contribution in [1.29, 1.82) is 0 Å². The van der Waals surface area contributed by atoms with Gasteiger partial charge >= 0.3 is 0 Å². The topological polar surface area (TPSA) is 94.7 Å². The van der Waals surface area contributed by atoms with Crippen LogP contribution in [0.4, 0.5) is 5.69 Å². The van der Waals surface area contributed by atoms with Crippen molar-refractivity contribution in [2.24, 2.45) is 0 Å². The molecule has 1 aliphatic rings. The van der Waals surface area contributed by atoms with Gasteiger partial charge in [0.25, 0.3) is 5.56 Å². The van der Waals surface area contributed by atoms with Gasteiger partial charge in [0.15, 0.2) is 5.82 Å². The van der Waals surface area contributed by atoms with E-state index in [1.165, 1.54) is 17.2 Å². The van der Waals surface area contributed by atoms with Crippen molar-refractivity contribution >= 4 is 22.6 Å². The molecule has 3 heterocycles. The summed E-state index contributed by atoms with van der Waals surface area (Å²) in [5.41, 5.74) is 2.63. The van der Waals surface area contributed by atoms with Gasteiger partial charge in [-0.3, -0.25) is 14.2 Å². The fourth-order valence-corrected chi connectivity index (χ4v) is 4.02. The molecule has 0 spiro atoms. The Labute approximate surface area is 178 Å². The Morgan fingerprint density at radius 2 is 1.84 bits per heavy atom. The van der Waals surface area contributed by atoms with Crippen LogP contribution >= 0.6 is 0 Å². The largest absolute Gasteiger partial charge is 0.325 e. The Morgan fingerprint density at radius 3 is 2.71 bits per heavy atom. The molecule has 0 radical (unpaired) electrons. The molecule has 0 bridgehead atoms. The van der Waals surface area contributed by atoms with Crippen LogP contribution in [-0.4, -0.2) is 30.2 Å². The molecule has 2 aromatic carbocycles. The van der Waals surface area contributed by atoms with E-state index < -0.39 is 0 Å². The SMILES string of the molecule is O=C(Cn1c(=O)cnc2ccccc21)Nc1ccc(-c2nnc3n2CCCCC3)cc1. The monoisotopic (exact) mass is 414 g/mol. The minimum absolute atomic E-state index is 0.0820. The Hall–Kier alpha value is -3.81. The van der Waals surface area contributed by atoms with Gasteiger partial charge in [-0.05, 0) is 49.2 Å². The van der Waals surface area contributed by atoms with E-state index in [1.807, 2.05) is 42.5 Å². The van der Waals surface area contributed by atoms with E-state index in [2.05, 4.69) is 25.1 Å². The third kappa shape index (κ3) is 3.84. The zero-order chi connectivity index (χ0) is 21.2. The highest BCUT2D eigenvalue weighted by Gasteiger charge is 2.16. The van der Waals surface area contributed by atoms with Gasteiger partial charge in [0.2, 0.25) is 5.91 Å². The van der Waals surface area contributed by atoms with E-state index >= 15 is 0 Å². The molecule has 2 aromatic heterocycles. The molecule has 4 aromatic rings. The van der Waals surface area contributed by atoms with Crippen molar-refractivity contribution in [3.8, 4) is 11.4 Å². The van der Waals surface area contributed by atoms with Crippen LogP contribution in [0, 0.1) is 0 Å². The lowest BCUT2D eigenvalue weighted by Crippen LogP contribution is -2.27. The van der Waals surface area contributed by atoms with Crippen LogP contribution in [0.3, 0.4) is 0 Å². The van der Waals surface area contributed by atoms with Crippen LogP contribution in [0.5, 0.6) is 0 Å². The molecule has 0 aliphatic carbocycles. The number of nitrogens with zero attached hydrogens (tertiary/aromatic N) is 5. The highest BCUT2D eigenvalue weighted by atomic mass is 16.2. The first-order valence-electron chi connectivity index (χ1n) is 10.5. The second kappa shape index (κ2) is 8.14. The molecule has 31 heavy (non-hydrogen) atoms. The number of amides is 1. The number of hydrogen-bond acceptors (Lipinski definition) is 5. The summed E-state index contributed by atoms with van der Waals surface area (Å²) in [5, 5.41) is 11.6. The summed E-state index contributed by atoms with van der Waals surface area (Å²) in [6.07, 6.45) is 5.70. The Kier molecular flexibility index (Phi) is 5.03. The number of rotatable bonds is 4. The van der Waals surface area contributed by atoms with Gasteiger partial charge < -0.3 is 9.88 Å². The number of nitrogens with one attached hydrogen (secondary N) is 1. The molecular formula is C23H22N6O2. The van der Waals surface area contributed by atoms with Crippen molar-refractivity contribution in [2.45, 2.75) is 38.8 Å². The molecule has 5 rings (SSSR count). The van der Waals surface area contributed by atoms with E-state index in [0.717, 1.165) is 43.0 Å². The number of carbonyl (C=O) groups excluding carboxylic acids is 1. The third-order valence-corrected chi connectivity index (χ3v) is 5.59. The highest BCUT2D eigenvalue weighted by Crippen LogP contribution is 2.24. The Balaban J connectivity index is 1.33. The highest BCUT2D eigenvalue weighted by molar-refractivity contribution is 5.91. The average Bonchev–Trinajstić information content (AvgIpc) is 3.04. The van der Waals surface area contributed by atoms with Crippen LogP contribution in [0.25, 0.3) is 22.4 Å². The fraction of sp³-hybridized carbons (Fsp3) is 0.261. The smallest absolute Gasteiger partial charge is 0.269 e. The van der Waals surface area contributed by atoms with Gasteiger partial charge in [-0.25, -0.2) is 4.98 Å². The number of benzene rings is 2. The predicted octanol–water partition coefficient (Wildman–Crippen LogP) is 3.02. The van der Waals surface area contributed by atoms with Crippen LogP contribution in [0.15, 0.2) is 59.5 Å². The van der Waals surface area contributed by atoms with E-state index in [-0.39, 0.29) is 18.0 Å². The maximum absolute atomic E-state index is 12.6. The molecule has 0 unspecified atom stereocenters. The number of para-hydroxylation sites is 2. The van der Waals surface area contributed by atoms with Gasteiger partial charge in [-0.2, -0.15) is 0 Å². The van der Waals surface area contributed by atoms with Crippen LogP contribution < -0.4 is 10.9 Å². The van der Waals surface area contributed by atoms with Crippen molar-refractivity contribution in [2.75, 3.05) is 5.32 Å². The van der Waals surface area contributed by atoms with E-state index in [1.54, 1.807) is 6.07 Å². The molecule has 1 amide bonds. The maximum Gasteiger partial charge on any atom is 0.269 e. The first kappa shape index (κ1) is 19.2. The van der Waals surface area contributed by atoms with Gasteiger partial charge in [0.05, 0.1) is 17.2 Å². The number of anilines is 1. The van der Waals surface area contributed by atoms with Gasteiger partial charge in [0.1, 0.15) is 12.4 Å². The van der Waals surface area contributed by atoms with Crippen LogP contribution in [-0.2, 0) is 24.3 Å². The predicted molar refractivity (Wildman–Crippen MR) is 118 cm³/mol. The Morgan fingerprint density at radius 1 is 1.00 bits per heavy atom. The summed E-state index contributed by atoms with van der Waals surface area (Å²) in [6, 6.07) is 14.8. The van der Waals surface area contributed by atoms with Crippen LogP contribution in [0.2, 0.25) is 0 Å². The van der Waals surface area contributed by atoms with Crippen LogP contribution in [0.1, 0.15) is 25.1 Å². The number of fused-ring (bicyclic) bond motifs is 2. The summed E-state index contributed by atoms with van der Waals surface area (Å²) < 4.78 is 3.62. The standard InChI is InChI=1S/C23H22N6O2/c30-21(15-29-19-7-4-3-6-18(19)24-14-22(29)31)25-17-11-9-16(10-12-17)23-27-26-20-8-2-1-5-13-28(20)23/h3-4,6-7,9-12,14H,1-2,5,8,13,15H2,(H,25,30). The second-order valence-corrected chi connectivity index (χ2v) is 7.70. The average molecular weight is 414 g/mol. The molecule has 8 nitrogen and oxygen atoms in total. The van der Waals surface area contributed by atoms with E-state index in [9.17, 15) is 9.59 Å². The van der Waals surface area contributed by atoms with Gasteiger partial charge in [0, 0.05) is 24.2 Å². The molecule has 1 aliphatic heterocycles. The molecule has 1 N–H and O–H groups in total. The van der Waals surface area contributed by atoms with Crippen molar-refractivity contribution in [3.05, 3.63) is 70.9 Å². The normalized spacial score (nSPS) is 13.5. The molecule has 156 valence electrons. The number of aromatic nitrogens is 5. The van der Waals surface area contributed by atoms with Crippen molar-refractivity contribution < 1.29 is 4.79 Å². The van der Waals surface area contributed by atoms with E-state index in [4.69, 9.17) is 0 Å². The molecular weight excluding hydrogens is 392 g/mol. The first-order valence-corrected chi connectivity index (χ1v) is 10.5. The first-order chi connectivity index (χ1) is 15.2. The minimum atomic E-state index is -0.309. The maximum atomic E-state index is 12.6. The summed E-state index contributed by atoms with van der Waals surface area (Å²) in [6.45, 7) is 0.853. The molecule has 0 saturated carbocycles. The number of carbonyl (C=O) groups is 1. The molecule has 0 fully saturated rings. The zero-order valence-electron chi connectivity index (χ0n) is 17.0. The zero-order valence-corrected chi connectivity index (χ0v) is 17.0. The van der Waals surface area contributed by atoms with E-state index in [0.29, 0.717) is 16.7 Å². The molecule has 0 saturated heterocycles. The minimum Gasteiger partial charge on any atom is -0.325 e. The number of hydrogen-bond donors (Lipinski definition) is 1. The lowest BCUT2D eigenvalue weighted by atomic mass is 10.2. The summed E-state index contributed by atoms with van der Waals surface area (Å²) in [7, 11) is 0. The second-order valence-electron chi connectivity index (χ2n) is 7.70. The molecule has 0 atom stereocenters. The lowest BCUT2D eigenvalue weighted by molar-refractivity contribution is -0.116. The lowest BCUT2D eigenvalue weighted by Gasteiger charge is -2.11. The molecule has 8 heteroatoms. The quantitative estimate of drug-likeness (QED) is 0.554. The Bertz CT molecular complexity index is 1310. The van der Waals surface area contributed by atoms with Crippen molar-refractivity contribution in [3.63, 3.8) is 0 Å². The summed E-state index contributed by atoms with van der Waals surface area (Å²) in [4.78, 5) is 29.0.